The van der Waals surface area contributed by atoms with Crippen LogP contribution in [0.3, 0.4) is 0 Å². The standard InChI is InChI=1S/C20H15Br2F4N3O2S2/c21-15-9-16(25)17(22)19(18(15)26)33(30,31)29-3-1-28(2-4-29)20-27-14(10-32-20)7-11-5-12(23)8-13(24)6-11/h5-6,8-10H,1-4,7H2. The summed E-state index contributed by atoms with van der Waals surface area (Å²) in [4.78, 5) is 5.62. The van der Waals surface area contributed by atoms with Gasteiger partial charge in [0.1, 0.15) is 22.3 Å². The topological polar surface area (TPSA) is 53.5 Å². The summed E-state index contributed by atoms with van der Waals surface area (Å²) in [7, 11) is -4.29. The van der Waals surface area contributed by atoms with Crippen molar-refractivity contribution in [3.05, 3.63) is 73.1 Å². The average molecular weight is 629 g/mol. The quantitative estimate of drug-likeness (QED) is 0.283. The van der Waals surface area contributed by atoms with Crippen LogP contribution >= 0.6 is 43.2 Å². The predicted molar refractivity (Wildman–Crippen MR) is 124 cm³/mol. The van der Waals surface area contributed by atoms with Gasteiger partial charge in [-0.25, -0.2) is 31.0 Å². The van der Waals surface area contributed by atoms with E-state index in [0.717, 1.165) is 16.4 Å². The minimum Gasteiger partial charge on any atom is -0.345 e. The highest BCUT2D eigenvalue weighted by Gasteiger charge is 2.35. The van der Waals surface area contributed by atoms with Crippen molar-refractivity contribution in [2.24, 2.45) is 0 Å². The number of halogens is 6. The van der Waals surface area contributed by atoms with Gasteiger partial charge in [0.05, 0.1) is 14.6 Å². The molecule has 4 rings (SSSR count). The molecule has 0 amide bonds. The fourth-order valence-electron chi connectivity index (χ4n) is 3.47. The van der Waals surface area contributed by atoms with Crippen LogP contribution in [0.2, 0.25) is 0 Å². The Morgan fingerprint density at radius 2 is 1.61 bits per heavy atom. The van der Waals surface area contributed by atoms with Crippen molar-refractivity contribution in [1.82, 2.24) is 9.29 Å². The maximum Gasteiger partial charge on any atom is 0.247 e. The number of thiazole rings is 1. The van der Waals surface area contributed by atoms with E-state index < -0.39 is 42.7 Å². The van der Waals surface area contributed by atoms with E-state index in [1.165, 1.54) is 23.5 Å². The molecular formula is C20H15Br2F4N3O2S2. The van der Waals surface area contributed by atoms with Crippen molar-refractivity contribution < 1.29 is 26.0 Å². The fourth-order valence-corrected chi connectivity index (χ4v) is 7.35. The van der Waals surface area contributed by atoms with Gasteiger partial charge >= 0.3 is 0 Å². The third-order valence-corrected chi connectivity index (χ3v) is 9.53. The Morgan fingerprint density at radius 1 is 0.970 bits per heavy atom. The summed E-state index contributed by atoms with van der Waals surface area (Å²) in [6.45, 7) is 0.672. The highest BCUT2D eigenvalue weighted by Crippen LogP contribution is 2.35. The first-order chi connectivity index (χ1) is 15.6. The van der Waals surface area contributed by atoms with Crippen LogP contribution in [0.5, 0.6) is 0 Å². The van der Waals surface area contributed by atoms with Crippen molar-refractivity contribution in [2.45, 2.75) is 11.3 Å². The SMILES string of the molecule is O=S(=O)(c1c(F)c(Br)cc(F)c1Br)N1CCN(c2nc(Cc3cc(F)cc(F)c3)cs2)CC1. The Kier molecular flexibility index (Phi) is 7.16. The molecule has 1 aromatic heterocycles. The van der Waals surface area contributed by atoms with E-state index in [9.17, 15) is 26.0 Å². The molecule has 0 atom stereocenters. The van der Waals surface area contributed by atoms with Gasteiger partial charge in [0, 0.05) is 44.0 Å². The van der Waals surface area contributed by atoms with Crippen LogP contribution in [-0.2, 0) is 16.4 Å². The first kappa shape index (κ1) is 24.6. The van der Waals surface area contributed by atoms with Gasteiger partial charge < -0.3 is 4.90 Å². The van der Waals surface area contributed by atoms with Gasteiger partial charge in [-0.3, -0.25) is 0 Å². The van der Waals surface area contributed by atoms with Crippen molar-refractivity contribution in [3.63, 3.8) is 0 Å². The van der Waals surface area contributed by atoms with E-state index in [4.69, 9.17) is 0 Å². The lowest BCUT2D eigenvalue weighted by atomic mass is 10.1. The van der Waals surface area contributed by atoms with E-state index in [2.05, 4.69) is 36.8 Å². The summed E-state index contributed by atoms with van der Waals surface area (Å²) in [6, 6.07) is 4.15. The normalized spacial score (nSPS) is 15.3. The number of hydrogen-bond donors (Lipinski definition) is 0. The molecule has 176 valence electrons. The monoisotopic (exact) mass is 627 g/mol. The molecule has 0 spiro atoms. The molecule has 5 nitrogen and oxygen atoms in total. The van der Waals surface area contributed by atoms with Crippen LogP contribution in [0.15, 0.2) is 43.5 Å². The largest absolute Gasteiger partial charge is 0.345 e. The minimum absolute atomic E-state index is 0.0480. The molecule has 2 heterocycles. The molecule has 1 fully saturated rings. The summed E-state index contributed by atoms with van der Waals surface area (Å²) in [5.74, 6) is -3.28. The molecule has 0 saturated carbocycles. The number of piperazine rings is 1. The summed E-state index contributed by atoms with van der Waals surface area (Å²) < 4.78 is 81.8. The molecule has 0 bridgehead atoms. The first-order valence-corrected chi connectivity index (χ1v) is 13.4. The Balaban J connectivity index is 1.47. The number of benzene rings is 2. The number of rotatable bonds is 5. The lowest BCUT2D eigenvalue weighted by molar-refractivity contribution is 0.381. The number of nitrogens with zero attached hydrogens (tertiary/aromatic N) is 3. The van der Waals surface area contributed by atoms with Crippen LogP contribution in [0.4, 0.5) is 22.7 Å². The molecule has 0 N–H and O–H groups in total. The van der Waals surface area contributed by atoms with E-state index in [1.54, 1.807) is 5.38 Å². The number of hydrogen-bond acceptors (Lipinski definition) is 5. The van der Waals surface area contributed by atoms with Crippen LogP contribution < -0.4 is 4.90 Å². The summed E-state index contributed by atoms with van der Waals surface area (Å²) >= 11 is 7.03. The van der Waals surface area contributed by atoms with Gasteiger partial charge in [-0.1, -0.05) is 0 Å². The second kappa shape index (κ2) is 9.61. The molecule has 2 aromatic carbocycles. The van der Waals surface area contributed by atoms with Crippen LogP contribution in [-0.4, -0.2) is 43.9 Å². The summed E-state index contributed by atoms with van der Waals surface area (Å²) in [5.41, 5.74) is 1.08. The molecule has 33 heavy (non-hydrogen) atoms. The smallest absolute Gasteiger partial charge is 0.247 e. The molecule has 13 heteroatoms. The fraction of sp³-hybridized carbons (Fsp3) is 0.250. The molecule has 1 aliphatic rings. The maximum absolute atomic E-state index is 14.6. The second-order valence-electron chi connectivity index (χ2n) is 7.26. The van der Waals surface area contributed by atoms with Gasteiger partial charge in [0.15, 0.2) is 10.9 Å². The molecule has 0 radical (unpaired) electrons. The van der Waals surface area contributed by atoms with Gasteiger partial charge in [-0.2, -0.15) is 4.31 Å². The zero-order chi connectivity index (χ0) is 23.9. The zero-order valence-corrected chi connectivity index (χ0v) is 21.5. The highest BCUT2D eigenvalue weighted by atomic mass is 79.9. The number of anilines is 1. The minimum atomic E-state index is -4.29. The molecule has 0 unspecified atom stereocenters. The maximum atomic E-state index is 14.6. The molecule has 1 aliphatic heterocycles. The van der Waals surface area contributed by atoms with Gasteiger partial charge in [-0.05, 0) is 55.6 Å². The van der Waals surface area contributed by atoms with E-state index in [-0.39, 0.29) is 37.1 Å². The van der Waals surface area contributed by atoms with E-state index >= 15 is 0 Å². The number of aromatic nitrogens is 1. The third kappa shape index (κ3) is 5.11. The molecule has 3 aromatic rings. The molecular weight excluding hydrogens is 614 g/mol. The van der Waals surface area contributed by atoms with Crippen LogP contribution in [0, 0.1) is 23.3 Å². The van der Waals surface area contributed by atoms with Crippen molar-refractivity contribution in [2.75, 3.05) is 31.1 Å². The van der Waals surface area contributed by atoms with Crippen molar-refractivity contribution in [3.8, 4) is 0 Å². The van der Waals surface area contributed by atoms with E-state index in [1.807, 2.05) is 4.90 Å². The molecule has 0 aliphatic carbocycles. The first-order valence-electron chi connectivity index (χ1n) is 9.53. The van der Waals surface area contributed by atoms with Gasteiger partial charge in [-0.15, -0.1) is 11.3 Å². The highest BCUT2D eigenvalue weighted by molar-refractivity contribution is 9.11. The van der Waals surface area contributed by atoms with Crippen LogP contribution in [0.25, 0.3) is 0 Å². The van der Waals surface area contributed by atoms with Crippen molar-refractivity contribution in [1.29, 1.82) is 0 Å². The Morgan fingerprint density at radius 3 is 2.24 bits per heavy atom. The average Bonchev–Trinajstić information content (AvgIpc) is 3.20. The molecule has 1 saturated heterocycles. The van der Waals surface area contributed by atoms with Crippen molar-refractivity contribution >= 4 is 58.4 Å². The lowest BCUT2D eigenvalue weighted by Crippen LogP contribution is -2.49. The summed E-state index contributed by atoms with van der Waals surface area (Å²) in [5, 5.41) is 2.41. The van der Waals surface area contributed by atoms with Gasteiger partial charge in [0.25, 0.3) is 0 Å². The number of sulfonamides is 1. The Labute approximate surface area is 208 Å². The van der Waals surface area contributed by atoms with E-state index in [0.29, 0.717) is 16.4 Å². The zero-order valence-electron chi connectivity index (χ0n) is 16.7. The lowest BCUT2D eigenvalue weighted by Gasteiger charge is -2.34. The predicted octanol–water partition coefficient (Wildman–Crippen LogP) is 5.33. The second-order valence-corrected chi connectivity index (χ2v) is 11.6. The van der Waals surface area contributed by atoms with Gasteiger partial charge in [0.2, 0.25) is 10.0 Å². The van der Waals surface area contributed by atoms with Crippen LogP contribution in [0.1, 0.15) is 11.3 Å². The Bertz CT molecular complexity index is 1270. The Hall–Kier alpha value is -1.54. The summed E-state index contributed by atoms with van der Waals surface area (Å²) in [6.07, 6.45) is 0.251. The third-order valence-electron chi connectivity index (χ3n) is 5.03.